The fraction of sp³-hybridized carbons (Fsp3) is 0.714. The van der Waals surface area contributed by atoms with Crippen molar-refractivity contribution in [3.8, 4) is 6.07 Å². The zero-order chi connectivity index (χ0) is 13.1. The largest absolute Gasteiger partial charge is 0.267 e. The Morgan fingerprint density at radius 3 is 2.89 bits per heavy atom. The van der Waals surface area contributed by atoms with Gasteiger partial charge in [-0.3, -0.25) is 4.68 Å². The Labute approximate surface area is 114 Å². The van der Waals surface area contributed by atoms with Gasteiger partial charge in [0.05, 0.1) is 28.7 Å². The highest BCUT2D eigenvalue weighted by molar-refractivity contribution is 6.31. The van der Waals surface area contributed by atoms with Gasteiger partial charge in [0.15, 0.2) is 0 Å². The molecule has 0 N–H and O–H groups in total. The van der Waals surface area contributed by atoms with Crippen LogP contribution in [0.2, 0.25) is 5.02 Å². The number of aromatic nitrogens is 2. The first kappa shape index (κ1) is 13.4. The normalized spacial score (nSPS) is 28.0. The van der Waals surface area contributed by atoms with Crippen LogP contribution in [-0.2, 0) is 0 Å². The van der Waals surface area contributed by atoms with E-state index < -0.39 is 0 Å². The summed E-state index contributed by atoms with van der Waals surface area (Å²) in [4.78, 5) is 0. The molecule has 4 heteroatoms. The van der Waals surface area contributed by atoms with Gasteiger partial charge in [-0.25, -0.2) is 0 Å². The summed E-state index contributed by atoms with van der Waals surface area (Å²) in [5, 5.41) is 14.4. The van der Waals surface area contributed by atoms with E-state index in [9.17, 15) is 5.26 Å². The van der Waals surface area contributed by atoms with E-state index in [0.717, 1.165) is 24.5 Å². The predicted octanol–water partition coefficient (Wildman–Crippen LogP) is 4.13. The maximum absolute atomic E-state index is 9.29. The molecule has 1 heterocycles. The van der Waals surface area contributed by atoms with Crippen LogP contribution >= 0.6 is 11.6 Å². The van der Waals surface area contributed by atoms with Crippen molar-refractivity contribution in [3.63, 3.8) is 0 Å². The van der Waals surface area contributed by atoms with Gasteiger partial charge in [-0.15, -0.1) is 0 Å². The van der Waals surface area contributed by atoms with Crippen LogP contribution in [-0.4, -0.2) is 9.78 Å². The summed E-state index contributed by atoms with van der Waals surface area (Å²) in [5.74, 6) is 0.807. The average Bonchev–Trinajstić information content (AvgIpc) is 2.70. The lowest BCUT2D eigenvalue weighted by Crippen LogP contribution is -2.27. The molecule has 3 unspecified atom stereocenters. The molecule has 1 aliphatic carbocycles. The first-order valence-corrected chi connectivity index (χ1v) is 7.14. The molecule has 18 heavy (non-hydrogen) atoms. The Bertz CT molecular complexity index is 427. The third-order valence-corrected chi connectivity index (χ3v) is 4.36. The SMILES string of the molecule is CCCC1CCC(C#N)C(n2cc(Cl)c(C)n2)C1. The fourth-order valence-electron chi connectivity index (χ4n) is 2.97. The molecular formula is C14H20ClN3. The number of hydrogen-bond acceptors (Lipinski definition) is 2. The molecule has 1 aromatic rings. The molecule has 1 aromatic heterocycles. The number of halogens is 1. The third-order valence-electron chi connectivity index (χ3n) is 3.98. The van der Waals surface area contributed by atoms with Crippen LogP contribution in [0.15, 0.2) is 6.20 Å². The third kappa shape index (κ3) is 2.70. The summed E-state index contributed by atoms with van der Waals surface area (Å²) in [6, 6.07) is 2.64. The molecule has 2 rings (SSSR count). The maximum atomic E-state index is 9.29. The lowest BCUT2D eigenvalue weighted by molar-refractivity contribution is 0.198. The topological polar surface area (TPSA) is 41.6 Å². The van der Waals surface area contributed by atoms with Gasteiger partial charge < -0.3 is 0 Å². The average molecular weight is 266 g/mol. The number of aryl methyl sites for hydroxylation is 1. The fourth-order valence-corrected chi connectivity index (χ4v) is 3.11. The Morgan fingerprint density at radius 1 is 1.56 bits per heavy atom. The zero-order valence-electron chi connectivity index (χ0n) is 11.1. The summed E-state index contributed by atoms with van der Waals surface area (Å²) in [7, 11) is 0. The number of hydrogen-bond donors (Lipinski definition) is 0. The van der Waals surface area contributed by atoms with E-state index in [4.69, 9.17) is 11.6 Å². The lowest BCUT2D eigenvalue weighted by atomic mass is 9.77. The van der Waals surface area contributed by atoms with Crippen molar-refractivity contribution in [3.05, 3.63) is 16.9 Å². The molecule has 0 saturated heterocycles. The second kappa shape index (κ2) is 5.75. The molecule has 98 valence electrons. The van der Waals surface area contributed by atoms with Crippen LogP contribution < -0.4 is 0 Å². The van der Waals surface area contributed by atoms with Crippen molar-refractivity contribution in [1.29, 1.82) is 5.26 Å². The lowest BCUT2D eigenvalue weighted by Gasteiger charge is -2.32. The van der Waals surface area contributed by atoms with E-state index in [1.54, 1.807) is 0 Å². The Balaban J connectivity index is 2.18. The van der Waals surface area contributed by atoms with Crippen LogP contribution in [0.25, 0.3) is 0 Å². The Morgan fingerprint density at radius 2 is 2.33 bits per heavy atom. The number of rotatable bonds is 3. The molecule has 3 nitrogen and oxygen atoms in total. The molecule has 3 atom stereocenters. The van der Waals surface area contributed by atoms with E-state index in [2.05, 4.69) is 18.1 Å². The molecule has 0 aliphatic heterocycles. The van der Waals surface area contributed by atoms with E-state index in [1.807, 2.05) is 17.8 Å². The van der Waals surface area contributed by atoms with Gasteiger partial charge in [0.25, 0.3) is 0 Å². The van der Waals surface area contributed by atoms with Crippen molar-refractivity contribution in [2.45, 2.75) is 52.0 Å². The van der Waals surface area contributed by atoms with Crippen molar-refractivity contribution >= 4 is 11.6 Å². The van der Waals surface area contributed by atoms with Gasteiger partial charge in [-0.05, 0) is 32.1 Å². The summed E-state index contributed by atoms with van der Waals surface area (Å²) in [5.41, 5.74) is 0.853. The van der Waals surface area contributed by atoms with Gasteiger partial charge >= 0.3 is 0 Å². The van der Waals surface area contributed by atoms with Crippen LogP contribution in [0.1, 0.15) is 50.8 Å². The van der Waals surface area contributed by atoms with E-state index >= 15 is 0 Å². The second-order valence-corrected chi connectivity index (χ2v) is 5.72. The summed E-state index contributed by atoms with van der Waals surface area (Å²) in [6.45, 7) is 4.13. The van der Waals surface area contributed by atoms with Crippen molar-refractivity contribution in [2.75, 3.05) is 0 Å². The van der Waals surface area contributed by atoms with Crippen LogP contribution in [0, 0.1) is 30.1 Å². The monoisotopic (exact) mass is 265 g/mol. The molecule has 0 spiro atoms. The summed E-state index contributed by atoms with van der Waals surface area (Å²) < 4.78 is 1.92. The minimum atomic E-state index is 0.0773. The van der Waals surface area contributed by atoms with E-state index in [1.165, 1.54) is 19.3 Å². The highest BCUT2D eigenvalue weighted by Gasteiger charge is 2.32. The van der Waals surface area contributed by atoms with Crippen LogP contribution in [0.4, 0.5) is 0 Å². The van der Waals surface area contributed by atoms with Gasteiger partial charge in [0.2, 0.25) is 0 Å². The van der Waals surface area contributed by atoms with E-state index in [-0.39, 0.29) is 12.0 Å². The highest BCUT2D eigenvalue weighted by Crippen LogP contribution is 2.39. The Hall–Kier alpha value is -1.01. The molecule has 1 saturated carbocycles. The minimum Gasteiger partial charge on any atom is -0.267 e. The van der Waals surface area contributed by atoms with Gasteiger partial charge in [-0.1, -0.05) is 31.4 Å². The smallest absolute Gasteiger partial charge is 0.0815 e. The van der Waals surface area contributed by atoms with Crippen LogP contribution in [0.3, 0.4) is 0 Å². The summed E-state index contributed by atoms with van der Waals surface area (Å²) in [6.07, 6.45) is 7.57. The van der Waals surface area contributed by atoms with Crippen molar-refractivity contribution in [2.24, 2.45) is 11.8 Å². The molecule has 0 bridgehead atoms. The molecule has 0 radical (unpaired) electrons. The minimum absolute atomic E-state index is 0.0773. The van der Waals surface area contributed by atoms with E-state index in [0.29, 0.717) is 5.02 Å². The molecule has 1 fully saturated rings. The number of nitrogens with zero attached hydrogens (tertiary/aromatic N) is 3. The Kier molecular flexibility index (Phi) is 4.29. The van der Waals surface area contributed by atoms with Crippen molar-refractivity contribution < 1.29 is 0 Å². The quantitative estimate of drug-likeness (QED) is 0.825. The maximum Gasteiger partial charge on any atom is 0.0815 e. The standard InChI is InChI=1S/C14H20ClN3/c1-3-4-11-5-6-12(8-16)14(7-11)18-9-13(15)10(2)17-18/h9,11-12,14H,3-7H2,1-2H3. The van der Waals surface area contributed by atoms with Gasteiger partial charge in [0, 0.05) is 6.20 Å². The zero-order valence-corrected chi connectivity index (χ0v) is 11.8. The van der Waals surface area contributed by atoms with Gasteiger partial charge in [0.1, 0.15) is 0 Å². The molecule has 0 amide bonds. The first-order chi connectivity index (χ1) is 8.65. The predicted molar refractivity (Wildman–Crippen MR) is 72.4 cm³/mol. The molecule has 1 aliphatic rings. The molecule has 0 aromatic carbocycles. The second-order valence-electron chi connectivity index (χ2n) is 5.31. The van der Waals surface area contributed by atoms with Crippen LogP contribution in [0.5, 0.6) is 0 Å². The number of nitriles is 1. The van der Waals surface area contributed by atoms with Gasteiger partial charge in [-0.2, -0.15) is 10.4 Å². The first-order valence-electron chi connectivity index (χ1n) is 6.76. The highest BCUT2D eigenvalue weighted by atomic mass is 35.5. The summed E-state index contributed by atoms with van der Waals surface area (Å²) >= 11 is 6.07. The van der Waals surface area contributed by atoms with Crippen molar-refractivity contribution in [1.82, 2.24) is 9.78 Å². The molecular weight excluding hydrogens is 246 g/mol.